The first-order valence-corrected chi connectivity index (χ1v) is 5.79. The fourth-order valence-electron chi connectivity index (χ4n) is 1.33. The Morgan fingerprint density at radius 3 is 2.93 bits per heavy atom. The summed E-state index contributed by atoms with van der Waals surface area (Å²) in [5, 5.41) is 9.69. The van der Waals surface area contributed by atoms with Crippen LogP contribution in [0.4, 0.5) is 0 Å². The summed E-state index contributed by atoms with van der Waals surface area (Å²) in [6.07, 6.45) is 3.67. The largest absolute Gasteiger partial charge is 0.393 e. The molecule has 0 saturated carbocycles. The zero-order valence-electron chi connectivity index (χ0n) is 8.82. The number of ether oxygens (including phenoxy) is 1. The minimum Gasteiger partial charge on any atom is -0.393 e. The molecule has 0 amide bonds. The van der Waals surface area contributed by atoms with Crippen LogP contribution in [0.15, 0.2) is 22.8 Å². The van der Waals surface area contributed by atoms with Crippen molar-refractivity contribution < 1.29 is 9.84 Å². The molecule has 3 nitrogen and oxygen atoms in total. The molecule has 0 aliphatic heterocycles. The van der Waals surface area contributed by atoms with Crippen LogP contribution in [0.2, 0.25) is 0 Å². The van der Waals surface area contributed by atoms with E-state index in [-0.39, 0.29) is 6.10 Å². The third-order valence-corrected chi connectivity index (χ3v) is 2.59. The second-order valence-corrected chi connectivity index (χ2v) is 4.38. The lowest BCUT2D eigenvalue weighted by Gasteiger charge is -2.09. The molecule has 1 aromatic rings. The Bertz CT molecular complexity index is 276. The summed E-state index contributed by atoms with van der Waals surface area (Å²) < 4.78 is 5.88. The van der Waals surface area contributed by atoms with Crippen LogP contribution in [-0.4, -0.2) is 29.9 Å². The molecule has 0 aliphatic rings. The van der Waals surface area contributed by atoms with Gasteiger partial charge in [0.25, 0.3) is 0 Å². The first kappa shape index (κ1) is 12.6. The summed E-state index contributed by atoms with van der Waals surface area (Å²) in [6.45, 7) is 0.699. The normalized spacial score (nSPS) is 12.7. The molecule has 15 heavy (non-hydrogen) atoms. The minimum atomic E-state index is -0.325. The summed E-state index contributed by atoms with van der Waals surface area (Å²) in [5.74, 6) is 0. The van der Waals surface area contributed by atoms with E-state index in [0.29, 0.717) is 13.0 Å². The molecule has 1 atom stereocenters. The van der Waals surface area contributed by atoms with Crippen molar-refractivity contribution in [1.29, 1.82) is 0 Å². The molecule has 0 fully saturated rings. The van der Waals surface area contributed by atoms with Crippen molar-refractivity contribution in [2.24, 2.45) is 0 Å². The van der Waals surface area contributed by atoms with Crippen molar-refractivity contribution in [3.63, 3.8) is 0 Å². The molecular formula is C11H16BrNO2. The van der Waals surface area contributed by atoms with Crippen LogP contribution in [0.25, 0.3) is 0 Å². The Labute approximate surface area is 98.6 Å². The van der Waals surface area contributed by atoms with Gasteiger partial charge < -0.3 is 9.84 Å². The topological polar surface area (TPSA) is 42.4 Å². The van der Waals surface area contributed by atoms with E-state index in [4.69, 9.17) is 4.74 Å². The maximum absolute atomic E-state index is 9.69. The van der Waals surface area contributed by atoms with Crippen LogP contribution < -0.4 is 0 Å². The van der Waals surface area contributed by atoms with Crippen LogP contribution in [0.5, 0.6) is 0 Å². The number of hydrogen-bond acceptors (Lipinski definition) is 3. The molecule has 1 rings (SSSR count). The van der Waals surface area contributed by atoms with E-state index in [1.165, 1.54) is 0 Å². The van der Waals surface area contributed by atoms with Gasteiger partial charge in [0, 0.05) is 36.5 Å². The second-order valence-electron chi connectivity index (χ2n) is 3.46. The zero-order chi connectivity index (χ0) is 11.1. The maximum Gasteiger partial charge on any atom is 0.0596 e. The average Bonchev–Trinajstić information content (AvgIpc) is 2.22. The Morgan fingerprint density at radius 1 is 1.53 bits per heavy atom. The fraction of sp³-hybridized carbons (Fsp3) is 0.545. The number of rotatable bonds is 6. The Kier molecular flexibility index (Phi) is 5.83. The van der Waals surface area contributed by atoms with Crippen molar-refractivity contribution in [3.8, 4) is 0 Å². The molecule has 0 spiro atoms. The molecule has 0 bridgehead atoms. The predicted octanol–water partition coefficient (Wildman–Crippen LogP) is 2.17. The van der Waals surface area contributed by atoms with Crippen molar-refractivity contribution >= 4 is 15.9 Å². The van der Waals surface area contributed by atoms with Crippen molar-refractivity contribution in [3.05, 3.63) is 28.5 Å². The number of nitrogens with zero attached hydrogens (tertiary/aromatic N) is 1. The van der Waals surface area contributed by atoms with Gasteiger partial charge in [-0.15, -0.1) is 0 Å². The number of methoxy groups -OCH3 is 1. The first-order chi connectivity index (χ1) is 7.22. The van der Waals surface area contributed by atoms with E-state index in [0.717, 1.165) is 23.0 Å². The molecule has 0 radical (unpaired) electrons. The van der Waals surface area contributed by atoms with Gasteiger partial charge in [0.15, 0.2) is 0 Å². The number of hydrogen-bond donors (Lipinski definition) is 1. The van der Waals surface area contributed by atoms with Gasteiger partial charge in [-0.1, -0.05) is 0 Å². The zero-order valence-corrected chi connectivity index (χ0v) is 10.4. The van der Waals surface area contributed by atoms with Crippen LogP contribution in [0.1, 0.15) is 18.5 Å². The maximum atomic E-state index is 9.69. The van der Waals surface area contributed by atoms with Gasteiger partial charge in [0.05, 0.1) is 6.10 Å². The van der Waals surface area contributed by atoms with Gasteiger partial charge in [0.1, 0.15) is 0 Å². The SMILES string of the molecule is COCCCC(O)Cc1ccc(Br)cn1. The third-order valence-electron chi connectivity index (χ3n) is 2.12. The first-order valence-electron chi connectivity index (χ1n) is 5.00. The Morgan fingerprint density at radius 2 is 2.33 bits per heavy atom. The molecule has 0 aromatic carbocycles. The lowest BCUT2D eigenvalue weighted by Crippen LogP contribution is -2.12. The summed E-state index contributed by atoms with van der Waals surface area (Å²) in [7, 11) is 1.67. The number of halogens is 1. The van der Waals surface area contributed by atoms with Gasteiger partial charge in [0.2, 0.25) is 0 Å². The summed E-state index contributed by atoms with van der Waals surface area (Å²) in [5.41, 5.74) is 0.920. The van der Waals surface area contributed by atoms with Gasteiger partial charge in [-0.25, -0.2) is 0 Å². The van der Waals surface area contributed by atoms with E-state index in [9.17, 15) is 5.11 Å². The summed E-state index contributed by atoms with van der Waals surface area (Å²) in [4.78, 5) is 4.21. The molecule has 84 valence electrons. The van der Waals surface area contributed by atoms with E-state index in [1.807, 2.05) is 12.1 Å². The highest BCUT2D eigenvalue weighted by atomic mass is 79.9. The smallest absolute Gasteiger partial charge is 0.0596 e. The molecule has 1 heterocycles. The monoisotopic (exact) mass is 273 g/mol. The quantitative estimate of drug-likeness (QED) is 0.808. The summed E-state index contributed by atoms with van der Waals surface area (Å²) in [6, 6.07) is 3.85. The average molecular weight is 274 g/mol. The van der Waals surface area contributed by atoms with E-state index in [1.54, 1.807) is 13.3 Å². The van der Waals surface area contributed by atoms with Gasteiger partial charge in [-0.05, 0) is 40.9 Å². The Hall–Kier alpha value is -0.450. The molecule has 4 heteroatoms. The fourth-order valence-corrected chi connectivity index (χ4v) is 1.57. The minimum absolute atomic E-state index is 0.325. The van der Waals surface area contributed by atoms with Crippen LogP contribution in [0.3, 0.4) is 0 Å². The van der Waals surface area contributed by atoms with Crippen LogP contribution in [-0.2, 0) is 11.2 Å². The highest BCUT2D eigenvalue weighted by molar-refractivity contribution is 9.10. The molecule has 0 saturated heterocycles. The molecule has 1 unspecified atom stereocenters. The van der Waals surface area contributed by atoms with E-state index < -0.39 is 0 Å². The predicted molar refractivity (Wildman–Crippen MR) is 62.8 cm³/mol. The highest BCUT2D eigenvalue weighted by Gasteiger charge is 2.06. The molecule has 0 aliphatic carbocycles. The van der Waals surface area contributed by atoms with E-state index in [2.05, 4.69) is 20.9 Å². The number of aromatic nitrogens is 1. The lowest BCUT2D eigenvalue weighted by molar-refractivity contribution is 0.134. The highest BCUT2D eigenvalue weighted by Crippen LogP contribution is 2.10. The number of aliphatic hydroxyl groups excluding tert-OH is 1. The van der Waals surface area contributed by atoms with Gasteiger partial charge in [-0.3, -0.25) is 4.98 Å². The lowest BCUT2D eigenvalue weighted by atomic mass is 10.1. The number of pyridine rings is 1. The standard InChI is InChI=1S/C11H16BrNO2/c1-15-6-2-3-11(14)7-10-5-4-9(12)8-13-10/h4-5,8,11,14H,2-3,6-7H2,1H3. The molecule has 1 N–H and O–H groups in total. The van der Waals surface area contributed by atoms with Crippen molar-refractivity contribution in [2.75, 3.05) is 13.7 Å². The Balaban J connectivity index is 2.31. The van der Waals surface area contributed by atoms with Crippen molar-refractivity contribution in [2.45, 2.75) is 25.4 Å². The van der Waals surface area contributed by atoms with Crippen LogP contribution >= 0.6 is 15.9 Å². The second kappa shape index (κ2) is 6.93. The third kappa shape index (κ3) is 5.25. The van der Waals surface area contributed by atoms with Gasteiger partial charge in [-0.2, -0.15) is 0 Å². The molecular weight excluding hydrogens is 258 g/mol. The van der Waals surface area contributed by atoms with Crippen LogP contribution in [0, 0.1) is 0 Å². The van der Waals surface area contributed by atoms with E-state index >= 15 is 0 Å². The number of aliphatic hydroxyl groups is 1. The molecule has 1 aromatic heterocycles. The summed E-state index contributed by atoms with van der Waals surface area (Å²) >= 11 is 3.32. The van der Waals surface area contributed by atoms with Gasteiger partial charge >= 0.3 is 0 Å². The van der Waals surface area contributed by atoms with Crippen molar-refractivity contribution in [1.82, 2.24) is 4.98 Å².